The molecule has 1 aromatic carbocycles. The predicted octanol–water partition coefficient (Wildman–Crippen LogP) is 2.37. The van der Waals surface area contributed by atoms with Crippen molar-refractivity contribution in [3.8, 4) is 0 Å². The van der Waals surface area contributed by atoms with Crippen LogP contribution in [0.25, 0.3) is 5.57 Å². The SMILES string of the molecule is CCOC(=O)/C=C1/C(=O)N(C)c2cccc(Br)c21. The molecule has 0 atom stereocenters. The molecule has 1 amide bonds. The number of carbonyl (C=O) groups excluding carboxylic acids is 2. The molecule has 0 saturated heterocycles. The van der Waals surface area contributed by atoms with Crippen molar-refractivity contribution in [1.82, 2.24) is 0 Å². The molecule has 0 fully saturated rings. The first kappa shape index (κ1) is 12.8. The minimum atomic E-state index is -0.502. The van der Waals surface area contributed by atoms with Crippen LogP contribution < -0.4 is 4.90 Å². The van der Waals surface area contributed by atoms with Crippen LogP contribution in [0.5, 0.6) is 0 Å². The highest BCUT2D eigenvalue weighted by Crippen LogP contribution is 2.40. The van der Waals surface area contributed by atoms with Crippen molar-refractivity contribution in [3.05, 3.63) is 34.3 Å². The lowest BCUT2D eigenvalue weighted by Gasteiger charge is -2.08. The van der Waals surface area contributed by atoms with Crippen LogP contribution in [0.4, 0.5) is 5.69 Å². The molecule has 0 aliphatic carbocycles. The zero-order valence-electron chi connectivity index (χ0n) is 10.1. The average molecular weight is 310 g/mol. The molecule has 94 valence electrons. The van der Waals surface area contributed by atoms with Gasteiger partial charge in [0.15, 0.2) is 0 Å². The minimum absolute atomic E-state index is 0.204. The van der Waals surface area contributed by atoms with E-state index in [0.29, 0.717) is 5.57 Å². The smallest absolute Gasteiger partial charge is 0.331 e. The first-order valence-electron chi connectivity index (χ1n) is 5.51. The van der Waals surface area contributed by atoms with E-state index >= 15 is 0 Å². The molecule has 1 aliphatic heterocycles. The predicted molar refractivity (Wildman–Crippen MR) is 72.2 cm³/mol. The molecular weight excluding hydrogens is 298 g/mol. The van der Waals surface area contributed by atoms with E-state index in [1.807, 2.05) is 18.2 Å². The summed E-state index contributed by atoms with van der Waals surface area (Å²) in [5, 5.41) is 0. The molecule has 0 unspecified atom stereocenters. The fourth-order valence-electron chi connectivity index (χ4n) is 1.89. The monoisotopic (exact) mass is 309 g/mol. The third-order valence-electron chi connectivity index (χ3n) is 2.71. The van der Waals surface area contributed by atoms with Crippen LogP contribution in [0.3, 0.4) is 0 Å². The van der Waals surface area contributed by atoms with Crippen molar-refractivity contribution >= 4 is 39.1 Å². The molecule has 0 radical (unpaired) electrons. The maximum Gasteiger partial charge on any atom is 0.331 e. The molecule has 0 aromatic heterocycles. The summed E-state index contributed by atoms with van der Waals surface area (Å²) in [6.45, 7) is 2.01. The number of carbonyl (C=O) groups is 2. The fraction of sp³-hybridized carbons (Fsp3) is 0.231. The van der Waals surface area contributed by atoms with Gasteiger partial charge in [0.05, 0.1) is 17.9 Å². The standard InChI is InChI=1S/C13H12BrNO3/c1-3-18-11(16)7-8-12-9(14)5-4-6-10(12)15(2)13(8)17/h4-7H,3H2,1-2H3/b8-7+. The van der Waals surface area contributed by atoms with Crippen LogP contribution in [0.1, 0.15) is 12.5 Å². The van der Waals surface area contributed by atoms with E-state index < -0.39 is 5.97 Å². The first-order chi connectivity index (χ1) is 8.56. The zero-order chi connectivity index (χ0) is 13.3. The van der Waals surface area contributed by atoms with Gasteiger partial charge in [-0.2, -0.15) is 0 Å². The second-order valence-electron chi connectivity index (χ2n) is 3.81. The van der Waals surface area contributed by atoms with Crippen LogP contribution in [0, 0.1) is 0 Å². The van der Waals surface area contributed by atoms with Gasteiger partial charge >= 0.3 is 5.97 Å². The number of esters is 1. The van der Waals surface area contributed by atoms with Gasteiger partial charge in [0.2, 0.25) is 0 Å². The summed E-state index contributed by atoms with van der Waals surface area (Å²) in [4.78, 5) is 25.1. The summed E-state index contributed by atoms with van der Waals surface area (Å²) in [7, 11) is 1.68. The topological polar surface area (TPSA) is 46.6 Å². The van der Waals surface area contributed by atoms with Crippen LogP contribution >= 0.6 is 15.9 Å². The van der Waals surface area contributed by atoms with Crippen LogP contribution in [0.15, 0.2) is 28.7 Å². The first-order valence-corrected chi connectivity index (χ1v) is 6.31. The summed E-state index contributed by atoms with van der Waals surface area (Å²) in [6.07, 6.45) is 1.25. The number of ether oxygens (including phenoxy) is 1. The molecule has 5 heteroatoms. The van der Waals surface area contributed by atoms with Crippen LogP contribution in [-0.2, 0) is 14.3 Å². The van der Waals surface area contributed by atoms with Gasteiger partial charge in [-0.15, -0.1) is 0 Å². The molecule has 1 aromatic rings. The lowest BCUT2D eigenvalue weighted by molar-refractivity contribution is -0.137. The highest BCUT2D eigenvalue weighted by Gasteiger charge is 2.32. The fourth-order valence-corrected chi connectivity index (χ4v) is 2.46. The number of halogens is 1. The third-order valence-corrected chi connectivity index (χ3v) is 3.37. The van der Waals surface area contributed by atoms with E-state index in [1.165, 1.54) is 11.0 Å². The van der Waals surface area contributed by atoms with Gasteiger partial charge in [0.1, 0.15) is 0 Å². The van der Waals surface area contributed by atoms with E-state index in [9.17, 15) is 9.59 Å². The second kappa shape index (κ2) is 4.94. The van der Waals surface area contributed by atoms with Crippen LogP contribution in [-0.4, -0.2) is 25.5 Å². The highest BCUT2D eigenvalue weighted by atomic mass is 79.9. The number of benzene rings is 1. The molecule has 0 bridgehead atoms. The average Bonchev–Trinajstić information content (AvgIpc) is 2.56. The summed E-state index contributed by atoms with van der Waals surface area (Å²) in [5.74, 6) is -0.706. The van der Waals surface area contributed by atoms with E-state index in [2.05, 4.69) is 15.9 Å². The zero-order valence-corrected chi connectivity index (χ0v) is 11.7. The van der Waals surface area contributed by atoms with Crippen molar-refractivity contribution in [2.75, 3.05) is 18.6 Å². The van der Waals surface area contributed by atoms with Gasteiger partial charge < -0.3 is 9.64 Å². The van der Waals surface area contributed by atoms with Gasteiger partial charge in [-0.05, 0) is 19.1 Å². The molecule has 0 spiro atoms. The Balaban J connectivity index is 2.52. The quantitative estimate of drug-likeness (QED) is 0.622. The summed E-state index contributed by atoms with van der Waals surface area (Å²) in [5.41, 5.74) is 1.88. The number of hydrogen-bond acceptors (Lipinski definition) is 3. The maximum absolute atomic E-state index is 12.1. The Morgan fingerprint density at radius 3 is 2.89 bits per heavy atom. The lowest BCUT2D eigenvalue weighted by Crippen LogP contribution is -2.20. The van der Waals surface area contributed by atoms with Gasteiger partial charge in [-0.3, -0.25) is 4.79 Å². The number of anilines is 1. The number of amides is 1. The summed E-state index contributed by atoms with van der Waals surface area (Å²) in [6, 6.07) is 5.52. The molecule has 1 aliphatic rings. The molecule has 18 heavy (non-hydrogen) atoms. The van der Waals surface area contributed by atoms with Gasteiger partial charge in [0, 0.05) is 23.2 Å². The number of fused-ring (bicyclic) bond motifs is 1. The Labute approximate surface area is 113 Å². The Morgan fingerprint density at radius 2 is 2.22 bits per heavy atom. The largest absolute Gasteiger partial charge is 0.463 e. The van der Waals surface area contributed by atoms with Gasteiger partial charge in [-0.1, -0.05) is 22.0 Å². The number of likely N-dealkylation sites (N-methyl/N-ethyl adjacent to an activating group) is 1. The molecule has 0 N–H and O–H groups in total. The summed E-state index contributed by atoms with van der Waals surface area (Å²) < 4.78 is 5.63. The number of rotatable bonds is 2. The Morgan fingerprint density at radius 1 is 1.50 bits per heavy atom. The molecule has 0 saturated carbocycles. The second-order valence-corrected chi connectivity index (χ2v) is 4.66. The third kappa shape index (κ3) is 2.06. The Hall–Kier alpha value is -1.62. The van der Waals surface area contributed by atoms with Crippen LogP contribution in [0.2, 0.25) is 0 Å². The highest BCUT2D eigenvalue weighted by molar-refractivity contribution is 9.10. The van der Waals surface area contributed by atoms with Crippen molar-refractivity contribution < 1.29 is 14.3 Å². The van der Waals surface area contributed by atoms with Crippen molar-refractivity contribution in [2.45, 2.75) is 6.92 Å². The van der Waals surface area contributed by atoms with E-state index in [-0.39, 0.29) is 12.5 Å². The Bertz CT molecular complexity index is 551. The lowest BCUT2D eigenvalue weighted by atomic mass is 10.1. The number of hydrogen-bond donors (Lipinski definition) is 0. The summed E-state index contributed by atoms with van der Waals surface area (Å²) >= 11 is 3.40. The molecular formula is C13H12BrNO3. The van der Waals surface area contributed by atoms with Crippen molar-refractivity contribution in [1.29, 1.82) is 0 Å². The number of nitrogens with zero attached hydrogens (tertiary/aromatic N) is 1. The van der Waals surface area contributed by atoms with E-state index in [1.54, 1.807) is 14.0 Å². The van der Waals surface area contributed by atoms with Crippen molar-refractivity contribution in [3.63, 3.8) is 0 Å². The minimum Gasteiger partial charge on any atom is -0.463 e. The Kier molecular flexibility index (Phi) is 3.52. The maximum atomic E-state index is 12.1. The molecule has 1 heterocycles. The van der Waals surface area contributed by atoms with Gasteiger partial charge in [-0.25, -0.2) is 4.79 Å². The normalized spacial score (nSPS) is 16.1. The molecule has 2 rings (SSSR count). The van der Waals surface area contributed by atoms with E-state index in [4.69, 9.17) is 4.74 Å². The van der Waals surface area contributed by atoms with Crippen molar-refractivity contribution in [2.24, 2.45) is 0 Å². The van der Waals surface area contributed by atoms with Gasteiger partial charge in [0.25, 0.3) is 5.91 Å². The molecule has 4 nitrogen and oxygen atoms in total. The van der Waals surface area contributed by atoms with E-state index in [0.717, 1.165) is 15.7 Å².